The summed E-state index contributed by atoms with van der Waals surface area (Å²) in [7, 11) is 0. The van der Waals surface area contributed by atoms with E-state index in [1.807, 2.05) is 0 Å². The average Bonchev–Trinajstić information content (AvgIpc) is 3.47. The van der Waals surface area contributed by atoms with E-state index in [0.29, 0.717) is 0 Å². The van der Waals surface area contributed by atoms with Crippen LogP contribution < -0.4 is 0 Å². The molecule has 2 nitrogen and oxygen atoms in total. The minimum absolute atomic E-state index is 1.07. The second-order valence-electron chi connectivity index (χ2n) is 11.0. The third kappa shape index (κ3) is 15.3. The molecule has 0 spiro atoms. The minimum Gasteiger partial charge on any atom is -0.237 e. The van der Waals surface area contributed by atoms with Gasteiger partial charge in [0, 0.05) is 0 Å². The highest BCUT2D eigenvalue weighted by atomic mass is 79.9. The summed E-state index contributed by atoms with van der Waals surface area (Å²) in [6.07, 6.45) is 32.6. The molecule has 6 heteroatoms. The summed E-state index contributed by atoms with van der Waals surface area (Å²) in [5, 5.41) is 2.15. The molecule has 0 aliphatic rings. The quantitative estimate of drug-likeness (QED) is 0.0970. The van der Waals surface area contributed by atoms with Crippen LogP contribution in [0.1, 0.15) is 166 Å². The molecule has 0 radical (unpaired) electrons. The van der Waals surface area contributed by atoms with Gasteiger partial charge < -0.3 is 0 Å². The summed E-state index contributed by atoms with van der Waals surface area (Å²) in [5.41, 5.74) is 2.44. The maximum atomic E-state index is 4.98. The van der Waals surface area contributed by atoms with Gasteiger partial charge in [-0.1, -0.05) is 142 Å². The first-order valence-electron chi connectivity index (χ1n) is 16.0. The van der Waals surface area contributed by atoms with Crippen molar-refractivity contribution in [2.75, 3.05) is 0 Å². The zero-order valence-corrected chi connectivity index (χ0v) is 29.2. The summed E-state index contributed by atoms with van der Waals surface area (Å²) < 4.78 is 2.38. The molecule has 2 aromatic heterocycles. The number of aryl methyl sites for hydroxylation is 2. The van der Waals surface area contributed by atoms with E-state index in [2.05, 4.69) is 45.7 Å². The molecule has 0 aliphatic carbocycles. The number of rotatable bonds is 25. The number of halogens is 2. The van der Waals surface area contributed by atoms with Crippen molar-refractivity contribution >= 4 is 54.5 Å². The number of unbranched alkanes of at least 4 members (excludes halogenated alkanes) is 20. The number of hydrogen-bond donors (Lipinski definition) is 0. The van der Waals surface area contributed by atoms with Crippen LogP contribution in [0.25, 0.3) is 10.0 Å². The van der Waals surface area contributed by atoms with Gasteiger partial charge >= 0.3 is 0 Å². The maximum absolute atomic E-state index is 4.98. The van der Waals surface area contributed by atoms with Gasteiger partial charge in [-0.05, 0) is 57.5 Å². The van der Waals surface area contributed by atoms with Crippen LogP contribution in [0.2, 0.25) is 0 Å². The van der Waals surface area contributed by atoms with E-state index in [1.165, 1.54) is 160 Å². The molecule has 0 atom stereocenters. The molecule has 0 saturated carbocycles. The minimum atomic E-state index is 1.07. The number of aromatic nitrogens is 2. The molecule has 218 valence electrons. The molecule has 0 aromatic carbocycles. The van der Waals surface area contributed by atoms with Gasteiger partial charge in [0.05, 0.1) is 19.0 Å². The lowest BCUT2D eigenvalue weighted by Gasteiger charge is -2.02. The molecular formula is C32H54Br2N2S2. The molecule has 38 heavy (non-hydrogen) atoms. The van der Waals surface area contributed by atoms with Crippen LogP contribution in [-0.4, -0.2) is 9.97 Å². The van der Waals surface area contributed by atoms with E-state index in [9.17, 15) is 0 Å². The van der Waals surface area contributed by atoms with Gasteiger partial charge in [-0.15, -0.1) is 22.7 Å². The molecule has 2 rings (SSSR count). The normalized spacial score (nSPS) is 11.6. The Balaban J connectivity index is 1.58. The van der Waals surface area contributed by atoms with Crippen molar-refractivity contribution in [3.05, 3.63) is 19.0 Å². The molecule has 0 bridgehead atoms. The van der Waals surface area contributed by atoms with Crippen molar-refractivity contribution in [2.24, 2.45) is 0 Å². The summed E-state index contributed by atoms with van der Waals surface area (Å²) in [5.74, 6) is 0. The molecule has 0 unspecified atom stereocenters. The Bertz CT molecular complexity index is 765. The van der Waals surface area contributed by atoms with Crippen LogP contribution in [-0.2, 0) is 12.8 Å². The van der Waals surface area contributed by atoms with Crippen molar-refractivity contribution < 1.29 is 0 Å². The Morgan fingerprint density at radius 3 is 0.974 bits per heavy atom. The molecule has 0 amide bonds. The molecule has 2 heterocycles. The monoisotopic (exact) mass is 688 g/mol. The van der Waals surface area contributed by atoms with Crippen LogP contribution in [0.15, 0.2) is 7.57 Å². The SMILES string of the molecule is CCCCCCCCCCCCCc1nc(-c2nc(CCCCCCCCCCCCC)c(Br)s2)sc1Br. The van der Waals surface area contributed by atoms with Crippen LogP contribution in [0, 0.1) is 0 Å². The summed E-state index contributed by atoms with van der Waals surface area (Å²) >= 11 is 11.1. The second kappa shape index (κ2) is 22.9. The zero-order valence-electron chi connectivity index (χ0n) is 24.4. The zero-order chi connectivity index (χ0) is 27.3. The van der Waals surface area contributed by atoms with Crippen LogP contribution >= 0.6 is 54.5 Å². The van der Waals surface area contributed by atoms with Crippen molar-refractivity contribution in [3.8, 4) is 10.0 Å². The van der Waals surface area contributed by atoms with E-state index in [1.54, 1.807) is 22.7 Å². The predicted octanol–water partition coefficient (Wildman–Crippen LogP) is 13.5. The molecule has 0 N–H and O–H groups in total. The van der Waals surface area contributed by atoms with E-state index >= 15 is 0 Å². The number of thiazole rings is 2. The largest absolute Gasteiger partial charge is 0.237 e. The molecule has 0 saturated heterocycles. The Hall–Kier alpha value is 0.220. The van der Waals surface area contributed by atoms with E-state index in [4.69, 9.17) is 9.97 Å². The summed E-state index contributed by atoms with van der Waals surface area (Å²) in [6.45, 7) is 4.58. The Kier molecular flexibility index (Phi) is 20.7. The van der Waals surface area contributed by atoms with Gasteiger partial charge in [0.1, 0.15) is 0 Å². The van der Waals surface area contributed by atoms with Crippen molar-refractivity contribution in [1.82, 2.24) is 9.97 Å². The topological polar surface area (TPSA) is 25.8 Å². The summed E-state index contributed by atoms with van der Waals surface area (Å²) in [6, 6.07) is 0. The van der Waals surface area contributed by atoms with Gasteiger partial charge in [-0.25, -0.2) is 9.97 Å². The first kappa shape index (κ1) is 34.4. The van der Waals surface area contributed by atoms with Gasteiger partial charge in [0.25, 0.3) is 0 Å². The highest BCUT2D eigenvalue weighted by Crippen LogP contribution is 2.38. The lowest BCUT2D eigenvalue weighted by Crippen LogP contribution is -1.89. The van der Waals surface area contributed by atoms with Crippen molar-refractivity contribution in [2.45, 2.75) is 168 Å². The molecule has 2 aromatic rings. The third-order valence-corrected chi connectivity index (χ3v) is 11.3. The lowest BCUT2D eigenvalue weighted by molar-refractivity contribution is 0.549. The van der Waals surface area contributed by atoms with E-state index < -0.39 is 0 Å². The van der Waals surface area contributed by atoms with Gasteiger partial charge in [0.2, 0.25) is 0 Å². The van der Waals surface area contributed by atoms with E-state index in [-0.39, 0.29) is 0 Å². The lowest BCUT2D eigenvalue weighted by atomic mass is 10.0. The first-order valence-corrected chi connectivity index (χ1v) is 19.2. The smallest absolute Gasteiger partial charge is 0.153 e. The summed E-state index contributed by atoms with van der Waals surface area (Å²) in [4.78, 5) is 9.96. The molecule has 0 aliphatic heterocycles. The average molecular weight is 691 g/mol. The number of nitrogens with zero attached hydrogens (tertiary/aromatic N) is 2. The number of hydrogen-bond acceptors (Lipinski definition) is 4. The highest BCUT2D eigenvalue weighted by Gasteiger charge is 2.16. The van der Waals surface area contributed by atoms with Crippen molar-refractivity contribution in [3.63, 3.8) is 0 Å². The van der Waals surface area contributed by atoms with E-state index in [0.717, 1.165) is 22.9 Å². The van der Waals surface area contributed by atoms with Crippen molar-refractivity contribution in [1.29, 1.82) is 0 Å². The Labute approximate surface area is 259 Å². The van der Waals surface area contributed by atoms with Gasteiger partial charge in [-0.2, -0.15) is 0 Å². The molecular weight excluding hydrogens is 636 g/mol. The maximum Gasteiger partial charge on any atom is 0.153 e. The fraction of sp³-hybridized carbons (Fsp3) is 0.812. The van der Waals surface area contributed by atoms with Crippen LogP contribution in [0.5, 0.6) is 0 Å². The fourth-order valence-electron chi connectivity index (χ4n) is 5.07. The standard InChI is InChI=1S/C32H54Br2N2S2/c1-3-5-7-9-11-13-15-17-19-21-23-25-27-29(33)37-31(35-27)32-36-28(30(34)38-32)26-24-22-20-18-16-14-12-10-8-6-4-2/h3-26H2,1-2H3. The predicted molar refractivity (Wildman–Crippen MR) is 179 cm³/mol. The Morgan fingerprint density at radius 1 is 0.421 bits per heavy atom. The second-order valence-corrected chi connectivity index (χ2v) is 15.7. The van der Waals surface area contributed by atoms with Gasteiger partial charge in [-0.3, -0.25) is 0 Å². The van der Waals surface area contributed by atoms with Crippen LogP contribution in [0.4, 0.5) is 0 Å². The molecule has 0 fully saturated rings. The van der Waals surface area contributed by atoms with Crippen LogP contribution in [0.3, 0.4) is 0 Å². The fourth-order valence-corrected chi connectivity index (χ4v) is 8.26. The Morgan fingerprint density at radius 2 is 0.684 bits per heavy atom. The first-order chi connectivity index (χ1) is 18.7. The highest BCUT2D eigenvalue weighted by molar-refractivity contribution is 9.11. The third-order valence-electron chi connectivity index (χ3n) is 7.52. The van der Waals surface area contributed by atoms with Gasteiger partial charge in [0.15, 0.2) is 10.0 Å².